The number of hydrogen-bond acceptors (Lipinski definition) is 7. The molecule has 2 aromatic carbocycles. The topological polar surface area (TPSA) is 101 Å². The summed E-state index contributed by atoms with van der Waals surface area (Å²) < 4.78 is 7.88. The van der Waals surface area contributed by atoms with Crippen LogP contribution in [0.15, 0.2) is 57.3 Å². The number of amides is 1. The first-order valence-electron chi connectivity index (χ1n) is 11.9. The number of aryl methyl sites for hydroxylation is 1. The van der Waals surface area contributed by atoms with Crippen molar-refractivity contribution in [1.82, 2.24) is 14.8 Å². The number of carbonyl (C=O) groups is 1. The fraction of sp³-hybridized carbons (Fsp3) is 0.346. The molecule has 0 fully saturated rings. The van der Waals surface area contributed by atoms with Gasteiger partial charge in [0.15, 0.2) is 11.5 Å². The van der Waals surface area contributed by atoms with Crippen LogP contribution in [-0.4, -0.2) is 38.1 Å². The average Bonchev–Trinajstić information content (AvgIpc) is 3.23. The molecule has 1 aliphatic rings. The van der Waals surface area contributed by atoms with Crippen molar-refractivity contribution < 1.29 is 14.6 Å². The minimum Gasteiger partial charge on any atom is -0.503 e. The van der Waals surface area contributed by atoms with E-state index in [1.54, 1.807) is 28.6 Å². The number of anilines is 2. The number of allylic oxidation sites excluding steroid dienone is 1. The number of ether oxygens (including phenoxy) is 1. The Morgan fingerprint density at radius 3 is 2.81 bits per heavy atom. The van der Waals surface area contributed by atoms with Gasteiger partial charge in [-0.2, -0.15) is 4.98 Å². The van der Waals surface area contributed by atoms with E-state index in [-0.39, 0.29) is 11.7 Å². The van der Waals surface area contributed by atoms with Crippen molar-refractivity contribution in [3.63, 3.8) is 0 Å². The van der Waals surface area contributed by atoms with Crippen LogP contribution >= 0.6 is 27.7 Å². The molecule has 1 unspecified atom stereocenters. The highest BCUT2D eigenvalue weighted by molar-refractivity contribution is 9.10. The second-order valence-electron chi connectivity index (χ2n) is 8.54. The van der Waals surface area contributed by atoms with Crippen molar-refractivity contribution in [2.75, 3.05) is 23.0 Å². The van der Waals surface area contributed by atoms with Crippen LogP contribution in [0.3, 0.4) is 0 Å². The van der Waals surface area contributed by atoms with E-state index in [2.05, 4.69) is 38.5 Å². The standard InChI is InChI=1S/C26H30BrN5O3S/c1-5-7-11-36-26-30-25-28-16(4)21(24(34)29-18-10-8-9-15(3)12-18)22(32(25)31-26)17-13-19(27)23(33)20(14-17)35-6-2/h8-10,12-14,22,33H,5-7,11H2,1-4H3,(H,29,34)(H,28,30,31). The largest absolute Gasteiger partial charge is 0.503 e. The summed E-state index contributed by atoms with van der Waals surface area (Å²) in [5.74, 6) is 1.56. The highest BCUT2D eigenvalue weighted by Crippen LogP contribution is 2.42. The van der Waals surface area contributed by atoms with Gasteiger partial charge in [-0.15, -0.1) is 5.10 Å². The highest BCUT2D eigenvalue weighted by Gasteiger charge is 2.35. The number of nitrogens with one attached hydrogen (secondary N) is 2. The van der Waals surface area contributed by atoms with Gasteiger partial charge in [-0.3, -0.25) is 4.79 Å². The first kappa shape index (κ1) is 26.1. The molecule has 0 saturated heterocycles. The number of phenolic OH excluding ortho intramolecular Hbond substituents is 1. The van der Waals surface area contributed by atoms with Crippen LogP contribution < -0.4 is 15.4 Å². The quantitative estimate of drug-likeness (QED) is 0.205. The third kappa shape index (κ3) is 5.54. The maximum absolute atomic E-state index is 13.7. The van der Waals surface area contributed by atoms with Gasteiger partial charge in [0, 0.05) is 17.1 Å². The van der Waals surface area contributed by atoms with Crippen LogP contribution in [0.1, 0.15) is 50.8 Å². The van der Waals surface area contributed by atoms with Crippen molar-refractivity contribution in [1.29, 1.82) is 0 Å². The van der Waals surface area contributed by atoms with E-state index in [1.165, 1.54) is 0 Å². The molecule has 8 nitrogen and oxygen atoms in total. The molecule has 3 aromatic rings. The summed E-state index contributed by atoms with van der Waals surface area (Å²) in [5.41, 5.74) is 3.67. The Morgan fingerprint density at radius 2 is 2.08 bits per heavy atom. The lowest BCUT2D eigenvalue weighted by Crippen LogP contribution is -2.31. The maximum atomic E-state index is 13.7. The van der Waals surface area contributed by atoms with E-state index in [9.17, 15) is 9.90 Å². The van der Waals surface area contributed by atoms with Crippen molar-refractivity contribution in [3.05, 3.63) is 63.3 Å². The molecule has 0 aliphatic carbocycles. The van der Waals surface area contributed by atoms with E-state index in [4.69, 9.17) is 9.84 Å². The van der Waals surface area contributed by atoms with Crippen molar-refractivity contribution in [3.8, 4) is 11.5 Å². The Kier molecular flexibility index (Phi) is 8.25. The summed E-state index contributed by atoms with van der Waals surface area (Å²) in [6, 6.07) is 10.6. The molecule has 1 atom stereocenters. The van der Waals surface area contributed by atoms with E-state index in [0.29, 0.717) is 44.9 Å². The van der Waals surface area contributed by atoms with E-state index in [1.807, 2.05) is 45.0 Å². The van der Waals surface area contributed by atoms with Crippen molar-refractivity contribution >= 4 is 45.2 Å². The van der Waals surface area contributed by atoms with Crippen molar-refractivity contribution in [2.45, 2.75) is 51.7 Å². The molecular formula is C26H30BrN5O3S. The lowest BCUT2D eigenvalue weighted by molar-refractivity contribution is -0.113. The number of carbonyl (C=O) groups excluding carboxylic acids is 1. The number of unbranched alkanes of at least 4 members (excludes halogenated alkanes) is 1. The van der Waals surface area contributed by atoms with E-state index >= 15 is 0 Å². The van der Waals surface area contributed by atoms with Crippen LogP contribution in [0.5, 0.6) is 11.5 Å². The summed E-state index contributed by atoms with van der Waals surface area (Å²) in [4.78, 5) is 18.4. The zero-order chi connectivity index (χ0) is 25.8. The molecule has 1 aromatic heterocycles. The summed E-state index contributed by atoms with van der Waals surface area (Å²) >= 11 is 5.03. The molecule has 0 spiro atoms. The normalized spacial score (nSPS) is 14.9. The first-order valence-corrected chi connectivity index (χ1v) is 13.7. The number of halogens is 1. The Morgan fingerprint density at radius 1 is 1.28 bits per heavy atom. The minimum absolute atomic E-state index is 0.00984. The maximum Gasteiger partial charge on any atom is 0.255 e. The van der Waals surface area contributed by atoms with Crippen LogP contribution in [0.2, 0.25) is 0 Å². The first-order chi connectivity index (χ1) is 17.3. The summed E-state index contributed by atoms with van der Waals surface area (Å²) in [5, 5.41) is 22.2. The number of aromatic hydroxyl groups is 1. The van der Waals surface area contributed by atoms with Crippen LogP contribution in [0, 0.1) is 6.92 Å². The average molecular weight is 573 g/mol. The zero-order valence-electron chi connectivity index (χ0n) is 20.8. The Hall–Kier alpha value is -2.98. The highest BCUT2D eigenvalue weighted by atomic mass is 79.9. The fourth-order valence-electron chi connectivity index (χ4n) is 4.04. The Balaban J connectivity index is 1.80. The lowest BCUT2D eigenvalue weighted by atomic mass is 9.94. The molecule has 4 rings (SSSR count). The molecule has 0 saturated carbocycles. The predicted octanol–water partition coefficient (Wildman–Crippen LogP) is 6.27. The molecule has 10 heteroatoms. The summed E-state index contributed by atoms with van der Waals surface area (Å²) in [6.45, 7) is 8.23. The second-order valence-corrected chi connectivity index (χ2v) is 10.5. The molecule has 0 bridgehead atoms. The zero-order valence-corrected chi connectivity index (χ0v) is 23.2. The predicted molar refractivity (Wildman–Crippen MR) is 147 cm³/mol. The van der Waals surface area contributed by atoms with E-state index < -0.39 is 6.04 Å². The molecule has 0 radical (unpaired) electrons. The molecule has 2 heterocycles. The monoisotopic (exact) mass is 571 g/mol. The van der Waals surface area contributed by atoms with Crippen LogP contribution in [0.4, 0.5) is 11.6 Å². The molecule has 190 valence electrons. The number of hydrogen-bond donors (Lipinski definition) is 3. The molecule has 1 aliphatic heterocycles. The van der Waals surface area contributed by atoms with Gasteiger partial charge in [0.2, 0.25) is 11.1 Å². The number of benzene rings is 2. The number of phenols is 1. The molecule has 1 amide bonds. The van der Waals surface area contributed by atoms with Gasteiger partial charge < -0.3 is 20.5 Å². The number of thioether (sulfide) groups is 1. The lowest BCUT2D eigenvalue weighted by Gasteiger charge is -2.29. The summed E-state index contributed by atoms with van der Waals surface area (Å²) in [7, 11) is 0. The number of rotatable bonds is 9. The SMILES string of the molecule is CCCCSc1nc2n(n1)C(c1cc(Br)c(O)c(OCC)c1)C(C(=O)Nc1cccc(C)c1)=C(C)N2. The third-order valence-corrected chi connectivity index (χ3v) is 7.28. The van der Waals surface area contributed by atoms with Gasteiger partial charge in [-0.25, -0.2) is 4.68 Å². The number of aromatic nitrogens is 3. The van der Waals surface area contributed by atoms with E-state index in [0.717, 1.165) is 29.7 Å². The number of fused-ring (bicyclic) bond motifs is 1. The second kappa shape index (κ2) is 11.4. The smallest absolute Gasteiger partial charge is 0.255 e. The van der Waals surface area contributed by atoms with Gasteiger partial charge in [-0.05, 0) is 78.5 Å². The minimum atomic E-state index is -0.588. The van der Waals surface area contributed by atoms with Crippen molar-refractivity contribution in [2.24, 2.45) is 0 Å². The number of nitrogens with zero attached hydrogens (tertiary/aromatic N) is 3. The Bertz CT molecular complexity index is 1310. The van der Waals surface area contributed by atoms with Gasteiger partial charge in [-0.1, -0.05) is 37.2 Å². The fourth-order valence-corrected chi connectivity index (χ4v) is 5.41. The van der Waals surface area contributed by atoms with Crippen LogP contribution in [-0.2, 0) is 4.79 Å². The van der Waals surface area contributed by atoms with Gasteiger partial charge in [0.1, 0.15) is 6.04 Å². The van der Waals surface area contributed by atoms with Gasteiger partial charge >= 0.3 is 0 Å². The Labute approximate surface area is 223 Å². The molecular weight excluding hydrogens is 542 g/mol. The van der Waals surface area contributed by atoms with Crippen LogP contribution in [0.25, 0.3) is 0 Å². The molecule has 36 heavy (non-hydrogen) atoms. The summed E-state index contributed by atoms with van der Waals surface area (Å²) in [6.07, 6.45) is 2.16. The van der Waals surface area contributed by atoms with Gasteiger partial charge in [0.25, 0.3) is 5.91 Å². The van der Waals surface area contributed by atoms with Gasteiger partial charge in [0.05, 0.1) is 16.7 Å². The molecule has 3 N–H and O–H groups in total. The third-order valence-electron chi connectivity index (χ3n) is 5.75.